The molecule has 1 aromatic carbocycles. The highest BCUT2D eigenvalue weighted by Gasteiger charge is 2.37. The van der Waals surface area contributed by atoms with Crippen molar-refractivity contribution in [2.24, 2.45) is 12.5 Å². The number of aromatic nitrogens is 2. The Bertz CT molecular complexity index is 643. The second-order valence-electron chi connectivity index (χ2n) is 6.66. The van der Waals surface area contributed by atoms with E-state index in [2.05, 4.69) is 35.1 Å². The third-order valence-electron chi connectivity index (χ3n) is 5.19. The molecule has 1 saturated carbocycles. The molecule has 1 N–H and O–H groups in total. The molecule has 1 saturated heterocycles. The Morgan fingerprint density at radius 3 is 2.90 bits per heavy atom. The highest BCUT2D eigenvalue weighted by atomic mass is 16.5. The van der Waals surface area contributed by atoms with E-state index in [4.69, 9.17) is 9.72 Å². The number of ether oxygens (including phenoxy) is 1. The van der Waals surface area contributed by atoms with Crippen molar-refractivity contribution in [1.29, 1.82) is 0 Å². The van der Waals surface area contributed by atoms with Gasteiger partial charge in [0, 0.05) is 25.6 Å². The van der Waals surface area contributed by atoms with Gasteiger partial charge in [-0.05, 0) is 25.0 Å². The molecule has 2 heterocycles. The van der Waals surface area contributed by atoms with E-state index in [-0.39, 0.29) is 6.10 Å². The van der Waals surface area contributed by atoms with Crippen LogP contribution < -0.4 is 5.32 Å². The van der Waals surface area contributed by atoms with Crippen LogP contribution in [0.1, 0.15) is 37.6 Å². The van der Waals surface area contributed by atoms with Crippen LogP contribution in [0.2, 0.25) is 0 Å². The van der Waals surface area contributed by atoms with Crippen molar-refractivity contribution < 1.29 is 4.74 Å². The molecule has 112 valence electrons. The van der Waals surface area contributed by atoms with Crippen LogP contribution in [0.15, 0.2) is 24.3 Å². The Balaban J connectivity index is 1.62. The van der Waals surface area contributed by atoms with Crippen molar-refractivity contribution in [2.75, 3.05) is 19.7 Å². The second-order valence-corrected chi connectivity index (χ2v) is 6.66. The largest absolute Gasteiger partial charge is 0.368 e. The number of imidazole rings is 1. The highest BCUT2D eigenvalue weighted by molar-refractivity contribution is 5.75. The maximum absolute atomic E-state index is 6.29. The van der Waals surface area contributed by atoms with Gasteiger partial charge in [0.15, 0.2) is 0 Å². The van der Waals surface area contributed by atoms with Crippen LogP contribution in [0.5, 0.6) is 0 Å². The fraction of sp³-hybridized carbons (Fsp3) is 0.588. The van der Waals surface area contributed by atoms with E-state index >= 15 is 0 Å². The molecule has 1 aromatic heterocycles. The van der Waals surface area contributed by atoms with E-state index in [0.29, 0.717) is 5.41 Å². The topological polar surface area (TPSA) is 39.1 Å². The second kappa shape index (κ2) is 5.11. The summed E-state index contributed by atoms with van der Waals surface area (Å²) in [5.41, 5.74) is 2.61. The van der Waals surface area contributed by atoms with Gasteiger partial charge in [-0.3, -0.25) is 0 Å². The number of hydrogen-bond acceptors (Lipinski definition) is 3. The lowest BCUT2D eigenvalue weighted by Crippen LogP contribution is -2.32. The van der Waals surface area contributed by atoms with E-state index in [1.54, 1.807) is 0 Å². The van der Waals surface area contributed by atoms with Gasteiger partial charge < -0.3 is 14.6 Å². The monoisotopic (exact) mass is 285 g/mol. The lowest BCUT2D eigenvalue weighted by Gasteiger charge is -2.26. The molecule has 0 bridgehead atoms. The first-order valence-corrected chi connectivity index (χ1v) is 8.01. The van der Waals surface area contributed by atoms with Gasteiger partial charge in [0.25, 0.3) is 0 Å². The molecule has 1 aliphatic carbocycles. The Labute approximate surface area is 125 Å². The summed E-state index contributed by atoms with van der Waals surface area (Å²) in [6.07, 6.45) is 5.36. The van der Waals surface area contributed by atoms with Crippen molar-refractivity contribution in [3.8, 4) is 0 Å². The SMILES string of the molecule is Cn1c(C2CNCC3(CCCC3)CO2)nc2ccccc21. The summed E-state index contributed by atoms with van der Waals surface area (Å²) in [5, 5.41) is 3.62. The quantitative estimate of drug-likeness (QED) is 0.875. The number of nitrogens with one attached hydrogen (secondary N) is 1. The predicted molar refractivity (Wildman–Crippen MR) is 83.2 cm³/mol. The lowest BCUT2D eigenvalue weighted by atomic mass is 9.87. The molecule has 4 heteroatoms. The molecular formula is C17H23N3O. The van der Waals surface area contributed by atoms with Gasteiger partial charge in [0.05, 0.1) is 17.6 Å². The van der Waals surface area contributed by atoms with Gasteiger partial charge in [-0.25, -0.2) is 4.98 Å². The van der Waals surface area contributed by atoms with Gasteiger partial charge in [-0.15, -0.1) is 0 Å². The van der Waals surface area contributed by atoms with Crippen LogP contribution in [-0.2, 0) is 11.8 Å². The smallest absolute Gasteiger partial charge is 0.140 e. The molecular weight excluding hydrogens is 262 g/mol. The number of benzene rings is 1. The molecule has 4 rings (SSSR count). The van der Waals surface area contributed by atoms with E-state index in [1.165, 1.54) is 31.2 Å². The number of nitrogens with zero attached hydrogens (tertiary/aromatic N) is 2. The van der Waals surface area contributed by atoms with Crippen LogP contribution in [0, 0.1) is 5.41 Å². The van der Waals surface area contributed by atoms with Gasteiger partial charge in [0.2, 0.25) is 0 Å². The van der Waals surface area contributed by atoms with Crippen LogP contribution in [-0.4, -0.2) is 29.2 Å². The van der Waals surface area contributed by atoms with E-state index in [9.17, 15) is 0 Å². The van der Waals surface area contributed by atoms with Gasteiger partial charge >= 0.3 is 0 Å². The molecule has 2 aliphatic rings. The van der Waals surface area contributed by atoms with E-state index in [1.807, 2.05) is 6.07 Å². The number of hydrogen-bond donors (Lipinski definition) is 1. The van der Waals surface area contributed by atoms with E-state index < -0.39 is 0 Å². The standard InChI is InChI=1S/C17H23N3O/c1-20-14-7-3-2-6-13(14)19-16(20)15-10-18-11-17(12-21-15)8-4-5-9-17/h2-3,6-7,15,18H,4-5,8-12H2,1H3. The molecule has 4 nitrogen and oxygen atoms in total. The predicted octanol–water partition coefficient (Wildman–Crippen LogP) is 2.79. The zero-order chi connectivity index (χ0) is 14.3. The Kier molecular flexibility index (Phi) is 3.23. The Morgan fingerprint density at radius 2 is 2.10 bits per heavy atom. The summed E-state index contributed by atoms with van der Waals surface area (Å²) in [5.74, 6) is 1.04. The normalized spacial score (nSPS) is 25.5. The van der Waals surface area contributed by atoms with Crippen LogP contribution >= 0.6 is 0 Å². The van der Waals surface area contributed by atoms with Crippen LogP contribution in [0.3, 0.4) is 0 Å². The molecule has 1 spiro atoms. The van der Waals surface area contributed by atoms with Crippen LogP contribution in [0.25, 0.3) is 11.0 Å². The maximum atomic E-state index is 6.29. The molecule has 1 atom stereocenters. The molecule has 2 fully saturated rings. The molecule has 2 aromatic rings. The summed E-state index contributed by atoms with van der Waals surface area (Å²) < 4.78 is 8.47. The number of fused-ring (bicyclic) bond motifs is 1. The van der Waals surface area contributed by atoms with Gasteiger partial charge in [0.1, 0.15) is 11.9 Å². The molecule has 0 radical (unpaired) electrons. The third kappa shape index (κ3) is 2.27. The Morgan fingerprint density at radius 1 is 1.29 bits per heavy atom. The minimum Gasteiger partial charge on any atom is -0.368 e. The summed E-state index contributed by atoms with van der Waals surface area (Å²) in [7, 11) is 2.09. The van der Waals surface area contributed by atoms with Crippen molar-refractivity contribution in [1.82, 2.24) is 14.9 Å². The molecule has 1 aliphatic heterocycles. The van der Waals surface area contributed by atoms with Crippen molar-refractivity contribution >= 4 is 11.0 Å². The summed E-state index contributed by atoms with van der Waals surface area (Å²) in [4.78, 5) is 4.79. The van der Waals surface area contributed by atoms with Gasteiger partial charge in [-0.1, -0.05) is 25.0 Å². The number of rotatable bonds is 1. The lowest BCUT2D eigenvalue weighted by molar-refractivity contribution is 0.0105. The average molecular weight is 285 g/mol. The summed E-state index contributed by atoms with van der Waals surface area (Å²) in [6.45, 7) is 2.82. The van der Waals surface area contributed by atoms with E-state index in [0.717, 1.165) is 31.0 Å². The Hall–Kier alpha value is -1.39. The molecule has 21 heavy (non-hydrogen) atoms. The fourth-order valence-electron chi connectivity index (χ4n) is 3.92. The third-order valence-corrected chi connectivity index (χ3v) is 5.19. The highest BCUT2D eigenvalue weighted by Crippen LogP contribution is 2.40. The number of para-hydroxylation sites is 2. The first-order valence-electron chi connectivity index (χ1n) is 8.01. The summed E-state index contributed by atoms with van der Waals surface area (Å²) >= 11 is 0. The first-order chi connectivity index (χ1) is 10.3. The number of aryl methyl sites for hydroxylation is 1. The first kappa shape index (κ1) is 13.3. The van der Waals surface area contributed by atoms with Crippen molar-refractivity contribution in [3.05, 3.63) is 30.1 Å². The maximum Gasteiger partial charge on any atom is 0.140 e. The van der Waals surface area contributed by atoms with Crippen molar-refractivity contribution in [3.63, 3.8) is 0 Å². The van der Waals surface area contributed by atoms with Crippen molar-refractivity contribution in [2.45, 2.75) is 31.8 Å². The van der Waals surface area contributed by atoms with Crippen LogP contribution in [0.4, 0.5) is 0 Å². The molecule has 1 unspecified atom stereocenters. The zero-order valence-corrected chi connectivity index (χ0v) is 12.6. The zero-order valence-electron chi connectivity index (χ0n) is 12.6. The fourth-order valence-corrected chi connectivity index (χ4v) is 3.92. The van der Waals surface area contributed by atoms with Gasteiger partial charge in [-0.2, -0.15) is 0 Å². The average Bonchev–Trinajstić information content (AvgIpc) is 3.02. The minimum absolute atomic E-state index is 0.0578. The minimum atomic E-state index is 0.0578. The molecule has 0 amide bonds. The summed E-state index contributed by atoms with van der Waals surface area (Å²) in [6, 6.07) is 8.29.